The number of rotatable bonds is 4. The smallest absolute Gasteiger partial charge is 0.222 e. The third-order valence-corrected chi connectivity index (χ3v) is 3.12. The van der Waals surface area contributed by atoms with Crippen LogP contribution in [0.2, 0.25) is 0 Å². The fourth-order valence-corrected chi connectivity index (χ4v) is 1.86. The molecule has 92 valence electrons. The third-order valence-electron chi connectivity index (χ3n) is 3.12. The van der Waals surface area contributed by atoms with Crippen LogP contribution in [0.15, 0.2) is 0 Å². The number of hydrogen-bond acceptors (Lipinski definition) is 3. The number of carbonyl (C=O) groups is 2. The van der Waals surface area contributed by atoms with Gasteiger partial charge in [-0.25, -0.2) is 0 Å². The van der Waals surface area contributed by atoms with Crippen molar-refractivity contribution < 1.29 is 9.59 Å². The Morgan fingerprint density at radius 1 is 1.62 bits per heavy atom. The van der Waals surface area contributed by atoms with E-state index in [1.807, 2.05) is 6.92 Å². The van der Waals surface area contributed by atoms with Crippen molar-refractivity contribution in [2.45, 2.75) is 32.2 Å². The Labute approximate surface area is 96.4 Å². The minimum absolute atomic E-state index is 0.0159. The van der Waals surface area contributed by atoms with Gasteiger partial charge in [0, 0.05) is 39.0 Å². The molecule has 3 N–H and O–H groups in total. The van der Waals surface area contributed by atoms with Crippen LogP contribution in [0, 0.1) is 5.92 Å². The summed E-state index contributed by atoms with van der Waals surface area (Å²) in [5.74, 6) is 0.441. The molecule has 5 heteroatoms. The van der Waals surface area contributed by atoms with E-state index < -0.39 is 0 Å². The third kappa shape index (κ3) is 3.48. The van der Waals surface area contributed by atoms with Crippen LogP contribution in [0.5, 0.6) is 0 Å². The summed E-state index contributed by atoms with van der Waals surface area (Å²) in [6.07, 6.45) is 1.69. The van der Waals surface area contributed by atoms with Crippen LogP contribution >= 0.6 is 0 Å². The van der Waals surface area contributed by atoms with Gasteiger partial charge in [0.25, 0.3) is 0 Å². The molecule has 0 aromatic carbocycles. The molecule has 1 aliphatic heterocycles. The largest absolute Gasteiger partial charge is 0.359 e. The van der Waals surface area contributed by atoms with Crippen LogP contribution in [0.4, 0.5) is 0 Å². The zero-order valence-corrected chi connectivity index (χ0v) is 10.0. The molecule has 1 rings (SSSR count). The van der Waals surface area contributed by atoms with E-state index >= 15 is 0 Å². The van der Waals surface area contributed by atoms with E-state index in [1.165, 1.54) is 0 Å². The van der Waals surface area contributed by atoms with Crippen LogP contribution in [0.1, 0.15) is 26.2 Å². The minimum atomic E-state index is 0.0159. The molecule has 0 bridgehead atoms. The fourth-order valence-electron chi connectivity index (χ4n) is 1.86. The van der Waals surface area contributed by atoms with Crippen molar-refractivity contribution in [1.29, 1.82) is 0 Å². The predicted octanol–water partition coefficient (Wildman–Crippen LogP) is -0.292. The Bertz CT molecular complexity index is 268. The number of nitrogens with one attached hydrogen (secondary N) is 1. The maximum absolute atomic E-state index is 11.7. The number of hydrogen-bond donors (Lipinski definition) is 2. The molecule has 5 nitrogen and oxygen atoms in total. The van der Waals surface area contributed by atoms with Crippen molar-refractivity contribution in [2.75, 3.05) is 20.1 Å². The second-order valence-electron chi connectivity index (χ2n) is 4.46. The molecule has 2 amide bonds. The summed E-state index contributed by atoms with van der Waals surface area (Å²) in [4.78, 5) is 24.4. The van der Waals surface area contributed by atoms with Crippen LogP contribution in [-0.2, 0) is 9.59 Å². The molecule has 0 aliphatic carbocycles. The van der Waals surface area contributed by atoms with E-state index in [4.69, 9.17) is 5.73 Å². The van der Waals surface area contributed by atoms with Crippen molar-refractivity contribution >= 4 is 11.8 Å². The molecule has 0 saturated carbocycles. The number of amides is 2. The molecule has 2 unspecified atom stereocenters. The second-order valence-corrected chi connectivity index (χ2v) is 4.46. The van der Waals surface area contributed by atoms with Gasteiger partial charge in [0.05, 0.1) is 0 Å². The highest BCUT2D eigenvalue weighted by Crippen LogP contribution is 2.17. The summed E-state index contributed by atoms with van der Waals surface area (Å²) in [7, 11) is 1.62. The maximum Gasteiger partial charge on any atom is 0.222 e. The van der Waals surface area contributed by atoms with Crippen LogP contribution in [-0.4, -0.2) is 42.9 Å². The summed E-state index contributed by atoms with van der Waals surface area (Å²) in [5.41, 5.74) is 5.92. The molecule has 2 atom stereocenters. The summed E-state index contributed by atoms with van der Waals surface area (Å²) in [6.45, 7) is 3.25. The Kier molecular flexibility index (Phi) is 4.73. The molecular weight excluding hydrogens is 206 g/mol. The molecule has 1 fully saturated rings. The van der Waals surface area contributed by atoms with Gasteiger partial charge in [0.2, 0.25) is 11.8 Å². The normalized spacial score (nSPS) is 25.7. The van der Waals surface area contributed by atoms with E-state index in [1.54, 1.807) is 11.9 Å². The Hall–Kier alpha value is -1.10. The zero-order valence-electron chi connectivity index (χ0n) is 10.0. The molecule has 0 spiro atoms. The molecule has 0 radical (unpaired) electrons. The van der Waals surface area contributed by atoms with Crippen molar-refractivity contribution in [3.05, 3.63) is 0 Å². The van der Waals surface area contributed by atoms with Crippen molar-refractivity contribution in [1.82, 2.24) is 10.2 Å². The lowest BCUT2D eigenvalue weighted by molar-refractivity contribution is -0.135. The highest BCUT2D eigenvalue weighted by molar-refractivity contribution is 5.78. The van der Waals surface area contributed by atoms with Gasteiger partial charge in [-0.3, -0.25) is 9.59 Å². The first-order chi connectivity index (χ1) is 7.54. The monoisotopic (exact) mass is 227 g/mol. The van der Waals surface area contributed by atoms with Gasteiger partial charge >= 0.3 is 0 Å². The summed E-state index contributed by atoms with van der Waals surface area (Å²) in [6, 6.07) is 0.0673. The van der Waals surface area contributed by atoms with Crippen molar-refractivity contribution in [2.24, 2.45) is 11.7 Å². The van der Waals surface area contributed by atoms with E-state index in [0.717, 1.165) is 0 Å². The maximum atomic E-state index is 11.7. The van der Waals surface area contributed by atoms with E-state index in [2.05, 4.69) is 5.32 Å². The van der Waals surface area contributed by atoms with Crippen LogP contribution < -0.4 is 11.1 Å². The Morgan fingerprint density at radius 2 is 2.31 bits per heavy atom. The Balaban J connectivity index is 2.31. The number of carbonyl (C=O) groups excluding carboxylic acids is 2. The summed E-state index contributed by atoms with van der Waals surface area (Å²) < 4.78 is 0. The topological polar surface area (TPSA) is 75.4 Å². The summed E-state index contributed by atoms with van der Waals surface area (Å²) in [5, 5.41) is 2.56. The van der Waals surface area contributed by atoms with E-state index in [0.29, 0.717) is 32.4 Å². The highest BCUT2D eigenvalue weighted by Gasteiger charge is 2.28. The molecule has 0 aromatic heterocycles. The van der Waals surface area contributed by atoms with Gasteiger partial charge in [-0.1, -0.05) is 6.92 Å². The number of piperidine rings is 1. The number of nitrogens with two attached hydrogens (primary N) is 1. The van der Waals surface area contributed by atoms with Gasteiger partial charge in [0.1, 0.15) is 0 Å². The van der Waals surface area contributed by atoms with Crippen LogP contribution in [0.3, 0.4) is 0 Å². The van der Waals surface area contributed by atoms with Gasteiger partial charge in [-0.2, -0.15) is 0 Å². The number of likely N-dealkylation sites (tertiary alicyclic amines) is 1. The molecule has 16 heavy (non-hydrogen) atoms. The van der Waals surface area contributed by atoms with Gasteiger partial charge in [-0.05, 0) is 12.3 Å². The first kappa shape index (κ1) is 13.0. The average molecular weight is 227 g/mol. The van der Waals surface area contributed by atoms with Gasteiger partial charge < -0.3 is 16.0 Å². The Morgan fingerprint density at radius 3 is 2.94 bits per heavy atom. The first-order valence-electron chi connectivity index (χ1n) is 5.78. The molecule has 1 aliphatic rings. The molecular formula is C11H21N3O2. The average Bonchev–Trinajstić information content (AvgIpc) is 2.25. The minimum Gasteiger partial charge on any atom is -0.359 e. The quantitative estimate of drug-likeness (QED) is 0.693. The first-order valence-corrected chi connectivity index (χ1v) is 5.78. The van der Waals surface area contributed by atoms with E-state index in [-0.39, 0.29) is 23.8 Å². The SMILES string of the molecule is CNC(=O)CCCN1CC(N)C(C)CC1=O. The predicted molar refractivity (Wildman–Crippen MR) is 61.6 cm³/mol. The number of nitrogens with zero attached hydrogens (tertiary/aromatic N) is 1. The van der Waals surface area contributed by atoms with E-state index in [9.17, 15) is 9.59 Å². The molecule has 1 heterocycles. The van der Waals surface area contributed by atoms with Crippen LogP contribution in [0.25, 0.3) is 0 Å². The van der Waals surface area contributed by atoms with Crippen molar-refractivity contribution in [3.8, 4) is 0 Å². The van der Waals surface area contributed by atoms with Crippen molar-refractivity contribution in [3.63, 3.8) is 0 Å². The summed E-state index contributed by atoms with van der Waals surface area (Å²) >= 11 is 0. The molecule has 0 aromatic rings. The lowest BCUT2D eigenvalue weighted by Crippen LogP contribution is -2.50. The lowest BCUT2D eigenvalue weighted by atomic mass is 9.93. The van der Waals surface area contributed by atoms with Gasteiger partial charge in [0.15, 0.2) is 0 Å². The fraction of sp³-hybridized carbons (Fsp3) is 0.818. The zero-order chi connectivity index (χ0) is 12.1. The van der Waals surface area contributed by atoms with Gasteiger partial charge in [-0.15, -0.1) is 0 Å². The lowest BCUT2D eigenvalue weighted by Gasteiger charge is -2.34. The molecule has 1 saturated heterocycles. The second kappa shape index (κ2) is 5.84. The highest BCUT2D eigenvalue weighted by atomic mass is 16.2. The standard InChI is InChI=1S/C11H21N3O2/c1-8-6-11(16)14(7-9(8)12)5-3-4-10(15)13-2/h8-9H,3-7,12H2,1-2H3,(H,13,15).